The quantitative estimate of drug-likeness (QED) is 0.732. The Morgan fingerprint density at radius 2 is 1.83 bits per heavy atom. The van der Waals surface area contributed by atoms with Gasteiger partial charge in [-0.15, -0.1) is 11.8 Å². The molecule has 1 amide bonds. The lowest BCUT2D eigenvalue weighted by Gasteiger charge is -2.18. The average molecular weight is 265 g/mol. The highest BCUT2D eigenvalue weighted by Gasteiger charge is 2.09. The normalized spacial score (nSPS) is 10.4. The molecule has 0 atom stereocenters. The Labute approximate surface area is 115 Å². The molecule has 1 aromatic carbocycles. The van der Waals surface area contributed by atoms with Gasteiger partial charge >= 0.3 is 0 Å². The topological polar surface area (TPSA) is 20.3 Å². The number of carbonyl (C=O) groups is 1. The Bertz CT molecular complexity index is 399. The van der Waals surface area contributed by atoms with Crippen LogP contribution in [0.25, 0.3) is 0 Å². The highest BCUT2D eigenvalue weighted by Crippen LogP contribution is 2.21. The summed E-state index contributed by atoms with van der Waals surface area (Å²) in [5, 5.41) is 0. The van der Waals surface area contributed by atoms with E-state index in [0.717, 1.165) is 18.8 Å². The van der Waals surface area contributed by atoms with Crippen LogP contribution in [0.5, 0.6) is 0 Å². The summed E-state index contributed by atoms with van der Waals surface area (Å²) < 4.78 is 0. The summed E-state index contributed by atoms with van der Waals surface area (Å²) in [7, 11) is 0. The van der Waals surface area contributed by atoms with Crippen LogP contribution in [0.2, 0.25) is 0 Å². The molecule has 0 aliphatic heterocycles. The number of hydrogen-bond donors (Lipinski definition) is 0. The predicted octanol–water partition coefficient (Wildman–Crippen LogP) is 3.65. The molecular formula is C15H23NOS. The number of thioether (sulfide) groups is 1. The number of carbonyl (C=O) groups excluding carboxylic acids is 1. The fourth-order valence-corrected chi connectivity index (χ4v) is 2.73. The third kappa shape index (κ3) is 4.37. The Morgan fingerprint density at radius 1 is 1.17 bits per heavy atom. The summed E-state index contributed by atoms with van der Waals surface area (Å²) in [5.41, 5.74) is 2.63. The van der Waals surface area contributed by atoms with Crippen LogP contribution in [0, 0.1) is 13.8 Å². The van der Waals surface area contributed by atoms with Crippen molar-refractivity contribution < 1.29 is 4.79 Å². The maximum Gasteiger partial charge on any atom is 0.223 e. The molecule has 0 aromatic heterocycles. The van der Waals surface area contributed by atoms with Crippen LogP contribution < -0.4 is 0 Å². The average Bonchev–Trinajstić information content (AvgIpc) is 2.35. The fraction of sp³-hybridized carbons (Fsp3) is 0.533. The lowest BCUT2D eigenvalue weighted by molar-refractivity contribution is -0.130. The van der Waals surface area contributed by atoms with E-state index in [2.05, 4.69) is 32.0 Å². The van der Waals surface area contributed by atoms with Crippen molar-refractivity contribution in [3.05, 3.63) is 29.3 Å². The highest BCUT2D eigenvalue weighted by molar-refractivity contribution is 7.99. The molecular weight excluding hydrogens is 242 g/mol. The highest BCUT2D eigenvalue weighted by atomic mass is 32.2. The Morgan fingerprint density at radius 3 is 2.39 bits per heavy atom. The van der Waals surface area contributed by atoms with Gasteiger partial charge in [0.15, 0.2) is 0 Å². The van der Waals surface area contributed by atoms with E-state index < -0.39 is 0 Å². The molecule has 3 heteroatoms. The number of rotatable bonds is 6. The molecule has 0 aliphatic carbocycles. The number of hydrogen-bond acceptors (Lipinski definition) is 2. The first-order chi connectivity index (χ1) is 8.58. The van der Waals surface area contributed by atoms with E-state index in [1.54, 1.807) is 11.8 Å². The van der Waals surface area contributed by atoms with Crippen LogP contribution in [0.1, 0.15) is 31.4 Å². The summed E-state index contributed by atoms with van der Waals surface area (Å²) in [6.45, 7) is 9.91. The predicted molar refractivity (Wildman–Crippen MR) is 79.2 cm³/mol. The summed E-state index contributed by atoms with van der Waals surface area (Å²) in [5.74, 6) is 1.12. The second-order valence-corrected chi connectivity index (χ2v) is 5.58. The van der Waals surface area contributed by atoms with E-state index in [4.69, 9.17) is 0 Å². The summed E-state index contributed by atoms with van der Waals surface area (Å²) in [4.78, 5) is 15.0. The zero-order valence-electron chi connectivity index (χ0n) is 11.8. The minimum absolute atomic E-state index is 0.260. The van der Waals surface area contributed by atoms with Gasteiger partial charge in [0.1, 0.15) is 0 Å². The van der Waals surface area contributed by atoms with Crippen LogP contribution in [-0.2, 0) is 4.79 Å². The van der Waals surface area contributed by atoms with Gasteiger partial charge in [0, 0.05) is 30.2 Å². The van der Waals surface area contributed by atoms with Gasteiger partial charge in [0.25, 0.3) is 0 Å². The fourth-order valence-electron chi connectivity index (χ4n) is 1.79. The summed E-state index contributed by atoms with van der Waals surface area (Å²) in [6, 6.07) is 6.47. The van der Waals surface area contributed by atoms with Gasteiger partial charge < -0.3 is 4.90 Å². The molecule has 0 fully saturated rings. The maximum atomic E-state index is 11.8. The van der Waals surface area contributed by atoms with Gasteiger partial charge in [-0.05, 0) is 51.0 Å². The van der Waals surface area contributed by atoms with Crippen LogP contribution >= 0.6 is 11.8 Å². The molecule has 100 valence electrons. The van der Waals surface area contributed by atoms with Crippen molar-refractivity contribution >= 4 is 17.7 Å². The first-order valence-corrected chi connectivity index (χ1v) is 7.54. The Balaban J connectivity index is 2.41. The van der Waals surface area contributed by atoms with Crippen molar-refractivity contribution in [2.75, 3.05) is 18.8 Å². The molecule has 18 heavy (non-hydrogen) atoms. The molecule has 0 saturated carbocycles. The summed E-state index contributed by atoms with van der Waals surface area (Å²) in [6.07, 6.45) is 0.624. The third-order valence-electron chi connectivity index (χ3n) is 3.18. The smallest absolute Gasteiger partial charge is 0.223 e. The van der Waals surface area contributed by atoms with Crippen molar-refractivity contribution in [1.82, 2.24) is 4.90 Å². The van der Waals surface area contributed by atoms with Crippen LogP contribution in [0.4, 0.5) is 0 Å². The monoisotopic (exact) mass is 265 g/mol. The van der Waals surface area contributed by atoms with Gasteiger partial charge in [-0.1, -0.05) is 6.07 Å². The first-order valence-electron chi connectivity index (χ1n) is 6.56. The zero-order chi connectivity index (χ0) is 13.5. The largest absolute Gasteiger partial charge is 0.343 e. The van der Waals surface area contributed by atoms with Gasteiger partial charge in [0.05, 0.1) is 0 Å². The molecule has 0 heterocycles. The summed E-state index contributed by atoms with van der Waals surface area (Å²) >= 11 is 1.76. The zero-order valence-corrected chi connectivity index (χ0v) is 12.6. The van der Waals surface area contributed by atoms with Crippen molar-refractivity contribution in [2.45, 2.75) is 39.0 Å². The molecule has 0 N–H and O–H groups in total. The molecule has 1 rings (SSSR count). The number of amides is 1. The van der Waals surface area contributed by atoms with Gasteiger partial charge in [-0.25, -0.2) is 0 Å². The Kier molecular flexibility index (Phi) is 6.27. The maximum absolute atomic E-state index is 11.8. The van der Waals surface area contributed by atoms with E-state index in [-0.39, 0.29) is 5.91 Å². The molecule has 0 bridgehead atoms. The number of nitrogens with zero attached hydrogens (tertiary/aromatic N) is 1. The standard InChI is InChI=1S/C15H23NOS/c1-5-16(6-2)15(17)9-10-18-14-8-7-12(3)13(4)11-14/h7-8,11H,5-6,9-10H2,1-4H3. The lowest BCUT2D eigenvalue weighted by Crippen LogP contribution is -2.30. The minimum Gasteiger partial charge on any atom is -0.343 e. The van der Waals surface area contributed by atoms with E-state index in [1.165, 1.54) is 16.0 Å². The van der Waals surface area contributed by atoms with Crippen molar-refractivity contribution in [1.29, 1.82) is 0 Å². The van der Waals surface area contributed by atoms with Gasteiger partial charge in [-0.3, -0.25) is 4.79 Å². The lowest BCUT2D eigenvalue weighted by atomic mass is 10.1. The number of aryl methyl sites for hydroxylation is 2. The SMILES string of the molecule is CCN(CC)C(=O)CCSc1ccc(C)c(C)c1. The van der Waals surface area contributed by atoms with Crippen LogP contribution in [0.15, 0.2) is 23.1 Å². The second-order valence-electron chi connectivity index (χ2n) is 4.41. The number of benzene rings is 1. The molecule has 2 nitrogen and oxygen atoms in total. The van der Waals surface area contributed by atoms with Crippen molar-refractivity contribution in [2.24, 2.45) is 0 Å². The van der Waals surface area contributed by atoms with Crippen LogP contribution in [0.3, 0.4) is 0 Å². The Hall–Kier alpha value is -0.960. The van der Waals surface area contributed by atoms with Crippen LogP contribution in [-0.4, -0.2) is 29.6 Å². The van der Waals surface area contributed by atoms with E-state index in [0.29, 0.717) is 6.42 Å². The first kappa shape index (κ1) is 15.1. The van der Waals surface area contributed by atoms with E-state index in [1.807, 2.05) is 18.7 Å². The minimum atomic E-state index is 0.260. The van der Waals surface area contributed by atoms with E-state index >= 15 is 0 Å². The van der Waals surface area contributed by atoms with Crippen molar-refractivity contribution in [3.8, 4) is 0 Å². The molecule has 0 spiro atoms. The van der Waals surface area contributed by atoms with Crippen molar-refractivity contribution in [3.63, 3.8) is 0 Å². The third-order valence-corrected chi connectivity index (χ3v) is 4.17. The van der Waals surface area contributed by atoms with E-state index in [9.17, 15) is 4.79 Å². The molecule has 0 radical (unpaired) electrons. The second kappa shape index (κ2) is 7.47. The van der Waals surface area contributed by atoms with Gasteiger partial charge in [0.2, 0.25) is 5.91 Å². The molecule has 0 saturated heterocycles. The van der Waals surface area contributed by atoms with Gasteiger partial charge in [-0.2, -0.15) is 0 Å². The molecule has 0 aliphatic rings. The molecule has 0 unspecified atom stereocenters. The molecule has 1 aromatic rings.